The first-order valence-electron chi connectivity index (χ1n) is 10.7. The molecule has 1 amide bonds. The van der Waals surface area contributed by atoms with Crippen LogP contribution < -0.4 is 4.74 Å². The van der Waals surface area contributed by atoms with Crippen LogP contribution in [-0.4, -0.2) is 66.5 Å². The molecule has 0 aliphatic carbocycles. The van der Waals surface area contributed by atoms with Gasteiger partial charge in [0, 0.05) is 43.6 Å². The highest BCUT2D eigenvalue weighted by molar-refractivity contribution is 7.09. The largest absolute Gasteiger partial charge is 0.494 e. The summed E-state index contributed by atoms with van der Waals surface area (Å²) in [6.07, 6.45) is 2.27. The summed E-state index contributed by atoms with van der Waals surface area (Å²) in [5, 5.41) is 2.13. The summed E-state index contributed by atoms with van der Waals surface area (Å²) in [6, 6.07) is 13.0. The Morgan fingerprint density at radius 1 is 1.10 bits per heavy atom. The minimum Gasteiger partial charge on any atom is -0.494 e. The zero-order valence-corrected chi connectivity index (χ0v) is 18.1. The lowest BCUT2D eigenvalue weighted by atomic mass is 10.0. The van der Waals surface area contributed by atoms with E-state index in [9.17, 15) is 4.79 Å². The van der Waals surface area contributed by atoms with Gasteiger partial charge < -0.3 is 9.64 Å². The molecule has 2 aliphatic rings. The number of likely N-dealkylation sites (tertiary alicyclic amines) is 1. The Bertz CT molecular complexity index is 770. The molecule has 1 unspecified atom stereocenters. The van der Waals surface area contributed by atoms with Crippen LogP contribution in [0.4, 0.5) is 0 Å². The third-order valence-electron chi connectivity index (χ3n) is 5.96. The summed E-state index contributed by atoms with van der Waals surface area (Å²) in [7, 11) is 0. The summed E-state index contributed by atoms with van der Waals surface area (Å²) in [4.78, 5) is 21.2. The van der Waals surface area contributed by atoms with Crippen LogP contribution in [0.1, 0.15) is 36.2 Å². The average Bonchev–Trinajstić information content (AvgIpc) is 3.42. The van der Waals surface area contributed by atoms with Gasteiger partial charge in [-0.1, -0.05) is 18.2 Å². The average molecular weight is 414 g/mol. The van der Waals surface area contributed by atoms with Crippen molar-refractivity contribution < 1.29 is 9.53 Å². The van der Waals surface area contributed by atoms with E-state index in [0.29, 0.717) is 19.2 Å². The van der Waals surface area contributed by atoms with E-state index in [1.807, 2.05) is 30.4 Å². The Morgan fingerprint density at radius 3 is 2.59 bits per heavy atom. The number of rotatable bonds is 7. The maximum Gasteiger partial charge on any atom is 0.236 e. The smallest absolute Gasteiger partial charge is 0.236 e. The van der Waals surface area contributed by atoms with Crippen LogP contribution in [0.2, 0.25) is 0 Å². The summed E-state index contributed by atoms with van der Waals surface area (Å²) in [5.74, 6) is 1.19. The lowest BCUT2D eigenvalue weighted by Crippen LogP contribution is -2.50. The van der Waals surface area contributed by atoms with Crippen molar-refractivity contribution in [3.63, 3.8) is 0 Å². The van der Waals surface area contributed by atoms with Crippen molar-refractivity contribution in [2.24, 2.45) is 0 Å². The first kappa shape index (κ1) is 20.4. The molecule has 5 nitrogen and oxygen atoms in total. The molecule has 0 spiro atoms. The molecule has 1 aromatic heterocycles. The van der Waals surface area contributed by atoms with Crippen molar-refractivity contribution in [1.29, 1.82) is 0 Å². The lowest BCUT2D eigenvalue weighted by molar-refractivity contribution is -0.134. The quantitative estimate of drug-likeness (QED) is 0.695. The van der Waals surface area contributed by atoms with E-state index in [1.54, 1.807) is 0 Å². The number of carbonyl (C=O) groups excluding carboxylic acids is 1. The highest BCUT2D eigenvalue weighted by atomic mass is 32.1. The van der Waals surface area contributed by atoms with Crippen LogP contribution in [0.15, 0.2) is 41.8 Å². The highest BCUT2D eigenvalue weighted by Crippen LogP contribution is 2.32. The molecular weight excluding hydrogens is 382 g/mol. The predicted molar refractivity (Wildman–Crippen MR) is 117 cm³/mol. The van der Waals surface area contributed by atoms with Crippen molar-refractivity contribution in [2.75, 3.05) is 45.9 Å². The number of piperazine rings is 1. The van der Waals surface area contributed by atoms with Gasteiger partial charge in [-0.2, -0.15) is 0 Å². The number of benzene rings is 1. The van der Waals surface area contributed by atoms with E-state index in [1.165, 1.54) is 10.4 Å². The molecule has 156 valence electrons. The molecule has 4 rings (SSSR count). The monoisotopic (exact) mass is 413 g/mol. The number of nitrogens with zero attached hydrogens (tertiary/aromatic N) is 3. The van der Waals surface area contributed by atoms with Gasteiger partial charge in [-0.15, -0.1) is 11.3 Å². The van der Waals surface area contributed by atoms with E-state index >= 15 is 0 Å². The Kier molecular flexibility index (Phi) is 6.85. The first-order valence-corrected chi connectivity index (χ1v) is 11.6. The van der Waals surface area contributed by atoms with Crippen molar-refractivity contribution in [2.45, 2.75) is 32.4 Å². The molecule has 6 heteroatoms. The SMILES string of the molecule is CCOc1ccc(C2CCCN2CC(=O)N2CCN(Cc3cccs3)CC2)cc1. The van der Waals surface area contributed by atoms with Gasteiger partial charge in [0.2, 0.25) is 5.91 Å². The van der Waals surface area contributed by atoms with Gasteiger partial charge in [0.05, 0.1) is 13.2 Å². The van der Waals surface area contributed by atoms with Crippen LogP contribution in [0.5, 0.6) is 5.75 Å². The number of carbonyl (C=O) groups is 1. The molecular formula is C23H31N3O2S. The standard InChI is InChI=1S/C23H31N3O2S/c1-2-28-20-9-7-19(8-10-20)22-6-3-11-26(22)18-23(27)25-14-12-24(13-15-25)17-21-5-4-16-29-21/h4-5,7-10,16,22H,2-3,6,11-15,17-18H2,1H3. The topological polar surface area (TPSA) is 36.0 Å². The van der Waals surface area contributed by atoms with Gasteiger partial charge in [0.25, 0.3) is 0 Å². The maximum absolute atomic E-state index is 12.9. The minimum absolute atomic E-state index is 0.276. The fourth-order valence-electron chi connectivity index (χ4n) is 4.40. The van der Waals surface area contributed by atoms with Crippen LogP contribution in [-0.2, 0) is 11.3 Å². The lowest BCUT2D eigenvalue weighted by Gasteiger charge is -2.36. The Morgan fingerprint density at radius 2 is 1.90 bits per heavy atom. The van der Waals surface area contributed by atoms with E-state index in [-0.39, 0.29) is 5.91 Å². The van der Waals surface area contributed by atoms with E-state index in [4.69, 9.17) is 4.74 Å². The summed E-state index contributed by atoms with van der Waals surface area (Å²) in [5.41, 5.74) is 1.29. The molecule has 0 saturated carbocycles. The van der Waals surface area contributed by atoms with Crippen LogP contribution in [0.25, 0.3) is 0 Å². The normalized spacial score (nSPS) is 20.9. The van der Waals surface area contributed by atoms with Gasteiger partial charge in [0.1, 0.15) is 5.75 Å². The molecule has 0 N–H and O–H groups in total. The molecule has 0 radical (unpaired) electrons. The Hall–Kier alpha value is -1.89. The molecule has 2 aromatic rings. The number of hydrogen-bond acceptors (Lipinski definition) is 5. The number of thiophene rings is 1. The Labute approximate surface area is 177 Å². The second-order valence-electron chi connectivity index (χ2n) is 7.87. The third kappa shape index (κ3) is 5.18. The molecule has 1 atom stereocenters. The molecule has 0 bridgehead atoms. The van der Waals surface area contributed by atoms with Crippen molar-refractivity contribution in [3.8, 4) is 5.75 Å². The summed E-state index contributed by atoms with van der Waals surface area (Å²) >= 11 is 1.81. The predicted octanol–water partition coefficient (Wildman–Crippen LogP) is 3.63. The van der Waals surface area contributed by atoms with E-state index < -0.39 is 0 Å². The molecule has 2 saturated heterocycles. The van der Waals surface area contributed by atoms with Crippen molar-refractivity contribution in [1.82, 2.24) is 14.7 Å². The molecule has 1 aromatic carbocycles. The van der Waals surface area contributed by atoms with E-state index in [0.717, 1.165) is 57.9 Å². The van der Waals surface area contributed by atoms with Crippen LogP contribution in [0.3, 0.4) is 0 Å². The van der Waals surface area contributed by atoms with Gasteiger partial charge in [0.15, 0.2) is 0 Å². The second kappa shape index (κ2) is 9.74. The molecule has 2 fully saturated rings. The van der Waals surface area contributed by atoms with Crippen molar-refractivity contribution in [3.05, 3.63) is 52.2 Å². The zero-order valence-electron chi connectivity index (χ0n) is 17.3. The molecule has 2 aliphatic heterocycles. The van der Waals surface area contributed by atoms with Crippen molar-refractivity contribution >= 4 is 17.2 Å². The number of ether oxygens (including phenoxy) is 1. The fraction of sp³-hybridized carbons (Fsp3) is 0.522. The third-order valence-corrected chi connectivity index (χ3v) is 6.82. The number of hydrogen-bond donors (Lipinski definition) is 0. The number of amides is 1. The van der Waals surface area contributed by atoms with Gasteiger partial charge >= 0.3 is 0 Å². The van der Waals surface area contributed by atoms with Gasteiger partial charge in [-0.05, 0) is 55.5 Å². The van der Waals surface area contributed by atoms with Crippen LogP contribution in [0, 0.1) is 0 Å². The van der Waals surface area contributed by atoms with Gasteiger partial charge in [-0.3, -0.25) is 14.6 Å². The first-order chi connectivity index (χ1) is 14.2. The maximum atomic E-state index is 12.9. The van der Waals surface area contributed by atoms with E-state index in [2.05, 4.69) is 44.3 Å². The minimum atomic E-state index is 0.276. The zero-order chi connectivity index (χ0) is 20.1. The fourth-order valence-corrected chi connectivity index (χ4v) is 5.14. The Balaban J connectivity index is 1.28. The molecule has 29 heavy (non-hydrogen) atoms. The summed E-state index contributed by atoms with van der Waals surface area (Å²) < 4.78 is 5.56. The highest BCUT2D eigenvalue weighted by Gasteiger charge is 2.30. The van der Waals surface area contributed by atoms with Crippen LogP contribution >= 0.6 is 11.3 Å². The van der Waals surface area contributed by atoms with Gasteiger partial charge in [-0.25, -0.2) is 0 Å². The summed E-state index contributed by atoms with van der Waals surface area (Å²) in [6.45, 7) is 8.83. The second-order valence-corrected chi connectivity index (χ2v) is 8.90. The molecule has 3 heterocycles.